The number of hydrogen-bond donors (Lipinski definition) is 1. The summed E-state index contributed by atoms with van der Waals surface area (Å²) in [6.07, 6.45) is 11.2. The van der Waals surface area contributed by atoms with E-state index in [4.69, 9.17) is 5.11 Å². The van der Waals surface area contributed by atoms with Crippen molar-refractivity contribution in [1.29, 1.82) is 0 Å². The zero-order valence-electron chi connectivity index (χ0n) is 14.9. The van der Waals surface area contributed by atoms with E-state index in [2.05, 4.69) is 40.3 Å². The van der Waals surface area contributed by atoms with Gasteiger partial charge >= 0.3 is 0 Å². The Morgan fingerprint density at radius 1 is 1.14 bits per heavy atom. The van der Waals surface area contributed by atoms with Gasteiger partial charge in [0.1, 0.15) is 0 Å². The van der Waals surface area contributed by atoms with Gasteiger partial charge < -0.3 is 5.11 Å². The van der Waals surface area contributed by atoms with E-state index in [9.17, 15) is 0 Å². The molecule has 1 N–H and O–H groups in total. The van der Waals surface area contributed by atoms with Crippen molar-refractivity contribution in [2.45, 2.75) is 72.6 Å². The second-order valence-corrected chi connectivity index (χ2v) is 7.91. The van der Waals surface area contributed by atoms with Gasteiger partial charge in [0.05, 0.1) is 0 Å². The molecule has 1 nitrogen and oxygen atoms in total. The summed E-state index contributed by atoms with van der Waals surface area (Å²) >= 11 is 0. The highest BCUT2D eigenvalue weighted by molar-refractivity contribution is 4.81. The molecule has 0 aromatic carbocycles. The number of hydrogen-bond acceptors (Lipinski definition) is 1. The highest BCUT2D eigenvalue weighted by Crippen LogP contribution is 2.40. The third-order valence-electron chi connectivity index (χ3n) is 6.12. The van der Waals surface area contributed by atoms with Crippen LogP contribution in [0, 0.1) is 35.5 Å². The molecule has 6 unspecified atom stereocenters. The van der Waals surface area contributed by atoms with Crippen LogP contribution in [0.15, 0.2) is 12.7 Å². The second-order valence-electron chi connectivity index (χ2n) is 7.91. The molecule has 0 heterocycles. The zero-order chi connectivity index (χ0) is 15.8. The molecule has 0 aromatic heterocycles. The van der Waals surface area contributed by atoms with Crippen LogP contribution >= 0.6 is 0 Å². The fourth-order valence-corrected chi connectivity index (χ4v) is 4.00. The van der Waals surface area contributed by atoms with Crippen LogP contribution < -0.4 is 0 Å². The molecule has 0 aromatic rings. The van der Waals surface area contributed by atoms with Gasteiger partial charge in [-0.25, -0.2) is 0 Å². The molecule has 1 aliphatic carbocycles. The first-order valence-corrected chi connectivity index (χ1v) is 9.21. The van der Waals surface area contributed by atoms with Gasteiger partial charge in [-0.05, 0) is 74.0 Å². The summed E-state index contributed by atoms with van der Waals surface area (Å²) in [7, 11) is 0. The van der Waals surface area contributed by atoms with Crippen LogP contribution in [0.5, 0.6) is 0 Å². The quantitative estimate of drug-likeness (QED) is 0.542. The first kappa shape index (κ1) is 18.7. The van der Waals surface area contributed by atoms with E-state index in [-0.39, 0.29) is 0 Å². The summed E-state index contributed by atoms with van der Waals surface area (Å²) in [6.45, 7) is 13.9. The molecule has 1 fully saturated rings. The molecular formula is C20H38O. The monoisotopic (exact) mass is 294 g/mol. The van der Waals surface area contributed by atoms with E-state index in [1.54, 1.807) is 0 Å². The predicted molar refractivity (Wildman–Crippen MR) is 93.2 cm³/mol. The van der Waals surface area contributed by atoms with Crippen LogP contribution in [-0.2, 0) is 0 Å². The number of aliphatic hydroxyl groups excluding tert-OH is 1. The van der Waals surface area contributed by atoms with Crippen LogP contribution in [0.1, 0.15) is 72.6 Å². The van der Waals surface area contributed by atoms with Gasteiger partial charge in [-0.1, -0.05) is 40.2 Å². The molecule has 21 heavy (non-hydrogen) atoms. The molecule has 1 rings (SSSR count). The zero-order valence-corrected chi connectivity index (χ0v) is 14.9. The lowest BCUT2D eigenvalue weighted by molar-refractivity contribution is 0.132. The average Bonchev–Trinajstić information content (AvgIpc) is 2.47. The Kier molecular flexibility index (Phi) is 8.63. The molecule has 1 heteroatoms. The lowest BCUT2D eigenvalue weighted by Crippen LogP contribution is -2.26. The molecule has 1 saturated carbocycles. The maximum atomic E-state index is 9.11. The van der Waals surface area contributed by atoms with Crippen molar-refractivity contribution in [2.24, 2.45) is 35.5 Å². The molecule has 0 radical (unpaired) electrons. The molecule has 6 atom stereocenters. The van der Waals surface area contributed by atoms with Crippen LogP contribution in [0.4, 0.5) is 0 Å². The summed E-state index contributed by atoms with van der Waals surface area (Å²) in [5.41, 5.74) is 0. The van der Waals surface area contributed by atoms with E-state index in [0.717, 1.165) is 36.0 Å². The van der Waals surface area contributed by atoms with Crippen molar-refractivity contribution < 1.29 is 5.11 Å². The van der Waals surface area contributed by atoms with E-state index in [0.29, 0.717) is 12.5 Å². The SMILES string of the molecule is C=CC(C)CCC(C)C(C)CC1CCC(CCO)CC1C. The fourth-order valence-electron chi connectivity index (χ4n) is 4.00. The van der Waals surface area contributed by atoms with E-state index in [1.807, 2.05) is 0 Å². The smallest absolute Gasteiger partial charge is 0.0433 e. The highest BCUT2D eigenvalue weighted by Gasteiger charge is 2.29. The maximum Gasteiger partial charge on any atom is 0.0433 e. The molecule has 0 aliphatic heterocycles. The fraction of sp³-hybridized carbons (Fsp3) is 0.900. The third kappa shape index (κ3) is 6.55. The maximum absolute atomic E-state index is 9.11. The normalized spacial score (nSPS) is 30.6. The molecule has 1 aliphatic rings. The number of aliphatic hydroxyl groups is 1. The summed E-state index contributed by atoms with van der Waals surface area (Å²) in [6, 6.07) is 0. The minimum Gasteiger partial charge on any atom is -0.396 e. The van der Waals surface area contributed by atoms with Gasteiger partial charge in [0.25, 0.3) is 0 Å². The highest BCUT2D eigenvalue weighted by atomic mass is 16.3. The molecule has 0 spiro atoms. The van der Waals surface area contributed by atoms with Crippen molar-refractivity contribution in [1.82, 2.24) is 0 Å². The minimum atomic E-state index is 0.372. The largest absolute Gasteiger partial charge is 0.396 e. The van der Waals surface area contributed by atoms with Crippen molar-refractivity contribution in [3.8, 4) is 0 Å². The second kappa shape index (κ2) is 9.66. The summed E-state index contributed by atoms with van der Waals surface area (Å²) in [5.74, 6) is 4.86. The first-order chi connectivity index (χ1) is 9.97. The van der Waals surface area contributed by atoms with Crippen molar-refractivity contribution in [2.75, 3.05) is 6.61 Å². The summed E-state index contributed by atoms with van der Waals surface area (Å²) in [4.78, 5) is 0. The molecule has 124 valence electrons. The average molecular weight is 295 g/mol. The Hall–Kier alpha value is -0.300. The Bertz CT molecular complexity index is 286. The van der Waals surface area contributed by atoms with Gasteiger partial charge in [-0.2, -0.15) is 0 Å². The van der Waals surface area contributed by atoms with E-state index in [1.165, 1.54) is 38.5 Å². The molecular weight excluding hydrogens is 256 g/mol. The van der Waals surface area contributed by atoms with Gasteiger partial charge in [0.15, 0.2) is 0 Å². The number of rotatable bonds is 9. The van der Waals surface area contributed by atoms with Gasteiger partial charge in [0, 0.05) is 6.61 Å². The van der Waals surface area contributed by atoms with Crippen molar-refractivity contribution in [3.63, 3.8) is 0 Å². The summed E-state index contributed by atoms with van der Waals surface area (Å²) < 4.78 is 0. The van der Waals surface area contributed by atoms with Crippen molar-refractivity contribution >= 4 is 0 Å². The van der Waals surface area contributed by atoms with Crippen LogP contribution in [-0.4, -0.2) is 11.7 Å². The third-order valence-corrected chi connectivity index (χ3v) is 6.12. The first-order valence-electron chi connectivity index (χ1n) is 9.21. The Labute approximate surface area is 133 Å². The Morgan fingerprint density at radius 3 is 2.43 bits per heavy atom. The van der Waals surface area contributed by atoms with Gasteiger partial charge in [-0.3, -0.25) is 0 Å². The molecule has 0 amide bonds. The lowest BCUT2D eigenvalue weighted by Gasteiger charge is -2.36. The molecule has 0 bridgehead atoms. The standard InChI is InChI=1S/C20H38O/c1-6-15(2)7-8-16(3)17(4)14-20-10-9-19(11-12-21)13-18(20)5/h6,15-21H,1,7-14H2,2-5H3. The number of allylic oxidation sites excluding steroid dienone is 1. The lowest BCUT2D eigenvalue weighted by atomic mass is 9.69. The van der Waals surface area contributed by atoms with Gasteiger partial charge in [-0.15, -0.1) is 6.58 Å². The Morgan fingerprint density at radius 2 is 1.86 bits per heavy atom. The van der Waals surface area contributed by atoms with Crippen LogP contribution in [0.25, 0.3) is 0 Å². The minimum absolute atomic E-state index is 0.372. The van der Waals surface area contributed by atoms with Gasteiger partial charge in [0.2, 0.25) is 0 Å². The Balaban J connectivity index is 2.33. The molecule has 0 saturated heterocycles. The topological polar surface area (TPSA) is 20.2 Å². The van der Waals surface area contributed by atoms with Crippen LogP contribution in [0.2, 0.25) is 0 Å². The summed E-state index contributed by atoms with van der Waals surface area (Å²) in [5, 5.41) is 9.11. The van der Waals surface area contributed by atoms with Crippen LogP contribution in [0.3, 0.4) is 0 Å². The van der Waals surface area contributed by atoms with E-state index >= 15 is 0 Å². The van der Waals surface area contributed by atoms with E-state index < -0.39 is 0 Å². The predicted octanol–water partition coefficient (Wildman–Crippen LogP) is 5.69. The van der Waals surface area contributed by atoms with Crippen molar-refractivity contribution in [3.05, 3.63) is 12.7 Å².